The molecule has 4 rings (SSSR count). The number of hydrogen-bond donors (Lipinski definition) is 1. The van der Waals surface area contributed by atoms with Gasteiger partial charge in [0.05, 0.1) is 49.3 Å². The molecule has 3 heterocycles. The molecule has 2 aromatic rings. The Hall–Kier alpha value is -2.22. The van der Waals surface area contributed by atoms with Gasteiger partial charge < -0.3 is 37.0 Å². The number of aliphatic hydroxyl groups is 1. The topological polar surface area (TPSA) is 152 Å². The first-order valence-corrected chi connectivity index (χ1v) is 28.3. The monoisotopic (exact) mass is 765 g/mol. The number of hydrogen-bond acceptors (Lipinski definition) is 11. The number of furan rings is 1. The van der Waals surface area contributed by atoms with Crippen molar-refractivity contribution in [2.75, 3.05) is 6.61 Å². The van der Waals surface area contributed by atoms with Gasteiger partial charge in [-0.05, 0) is 89.6 Å². The van der Waals surface area contributed by atoms with Gasteiger partial charge in [-0.2, -0.15) is 0 Å². The number of Topliss-reactive ketones (excluding diaryl/α,β-unsaturated/α-hetero) is 1. The maximum atomic E-state index is 13.5. The number of carbonyl (C=O) groups is 1. The van der Waals surface area contributed by atoms with Crippen LogP contribution in [0.3, 0.4) is 0 Å². The summed E-state index contributed by atoms with van der Waals surface area (Å²) >= 11 is 0. The SMILES string of the molecule is C[C@@H]([C@@H]1O[C@H]1C[C@@H]1OC[C@H](CC(=O)CC(O)c2ccc(OCc3ccc([N+](=O)[O-])o3)cc2)[C@@H](O[Si](C)(C)C)[C@@H]1O[Si](C)(C)C)[C@H](C)O[Si](C)(C)C. The number of nitro groups is 1. The van der Waals surface area contributed by atoms with E-state index < -0.39 is 36.0 Å². The van der Waals surface area contributed by atoms with Gasteiger partial charge in [-0.3, -0.25) is 14.9 Å². The second-order valence-corrected chi connectivity index (χ2v) is 30.4. The van der Waals surface area contributed by atoms with Crippen molar-refractivity contribution in [2.24, 2.45) is 11.8 Å². The summed E-state index contributed by atoms with van der Waals surface area (Å²) in [5.41, 5.74) is 0.580. The van der Waals surface area contributed by atoms with Gasteiger partial charge in [-0.1, -0.05) is 19.1 Å². The van der Waals surface area contributed by atoms with Crippen LogP contribution in [0.15, 0.2) is 40.8 Å². The normalized spacial score (nSPS) is 26.0. The van der Waals surface area contributed by atoms with E-state index in [0.29, 0.717) is 30.1 Å². The van der Waals surface area contributed by atoms with Crippen LogP contribution in [0.4, 0.5) is 5.88 Å². The number of carbonyl (C=O) groups excluding carboxylic acids is 1. The molecule has 1 N–H and O–H groups in total. The highest BCUT2D eigenvalue weighted by Gasteiger charge is 2.52. The molecule has 1 aromatic carbocycles. The first-order chi connectivity index (χ1) is 23.6. The van der Waals surface area contributed by atoms with E-state index in [1.54, 1.807) is 24.3 Å². The fourth-order valence-corrected chi connectivity index (χ4v) is 10.2. The Labute approximate surface area is 306 Å². The summed E-state index contributed by atoms with van der Waals surface area (Å²) in [6.45, 7) is 24.3. The van der Waals surface area contributed by atoms with Gasteiger partial charge in [0.15, 0.2) is 25.0 Å². The fraction of sp³-hybridized carbons (Fsp3) is 0.694. The van der Waals surface area contributed by atoms with Crippen molar-refractivity contribution in [3.63, 3.8) is 0 Å². The molecule has 0 aliphatic carbocycles. The van der Waals surface area contributed by atoms with Crippen LogP contribution in [0.2, 0.25) is 58.9 Å². The van der Waals surface area contributed by atoms with E-state index in [2.05, 4.69) is 72.8 Å². The van der Waals surface area contributed by atoms with Crippen LogP contribution in [0.5, 0.6) is 5.75 Å². The zero-order valence-electron chi connectivity index (χ0n) is 32.2. The Balaban J connectivity index is 1.38. The molecule has 12 nitrogen and oxygen atoms in total. The van der Waals surface area contributed by atoms with E-state index in [-0.39, 0.29) is 79.6 Å². The molecule has 0 radical (unpaired) electrons. The molecular formula is C36H59NO11Si3. The number of ketones is 1. The lowest BCUT2D eigenvalue weighted by atomic mass is 9.85. The predicted molar refractivity (Wildman–Crippen MR) is 201 cm³/mol. The number of ether oxygens (including phenoxy) is 3. The van der Waals surface area contributed by atoms with Crippen molar-refractivity contribution in [3.8, 4) is 5.75 Å². The summed E-state index contributed by atoms with van der Waals surface area (Å²) in [6.07, 6.45) is -0.790. The smallest absolute Gasteiger partial charge is 0.433 e. The number of aliphatic hydroxyl groups excluding tert-OH is 1. The maximum Gasteiger partial charge on any atom is 0.433 e. The maximum absolute atomic E-state index is 13.5. The average Bonchev–Trinajstić information content (AvgIpc) is 3.59. The van der Waals surface area contributed by atoms with Crippen LogP contribution in [-0.4, -0.2) is 84.0 Å². The molecule has 2 fully saturated rings. The third kappa shape index (κ3) is 13.0. The quantitative estimate of drug-likeness (QED) is 0.0650. The number of epoxide rings is 1. The molecule has 0 bridgehead atoms. The van der Waals surface area contributed by atoms with Crippen molar-refractivity contribution in [1.29, 1.82) is 0 Å². The Morgan fingerprint density at radius 3 is 2.12 bits per heavy atom. The minimum Gasteiger partial charge on any atom is -0.486 e. The molecule has 2 aliphatic rings. The van der Waals surface area contributed by atoms with E-state index in [1.807, 2.05) is 0 Å². The summed E-state index contributed by atoms with van der Waals surface area (Å²) in [5.74, 6) is 0.420. The van der Waals surface area contributed by atoms with Crippen LogP contribution in [0.1, 0.15) is 50.5 Å². The zero-order valence-corrected chi connectivity index (χ0v) is 35.2. The predicted octanol–water partition coefficient (Wildman–Crippen LogP) is 7.64. The molecule has 51 heavy (non-hydrogen) atoms. The minimum atomic E-state index is -2.07. The highest BCUT2D eigenvalue weighted by atomic mass is 28.4. The second-order valence-electron chi connectivity index (χ2n) is 17.0. The van der Waals surface area contributed by atoms with Crippen molar-refractivity contribution in [1.82, 2.24) is 0 Å². The Kier molecular flexibility index (Phi) is 13.7. The largest absolute Gasteiger partial charge is 0.486 e. The molecule has 9 atom stereocenters. The molecule has 2 aliphatic heterocycles. The molecule has 1 aromatic heterocycles. The Morgan fingerprint density at radius 2 is 1.55 bits per heavy atom. The van der Waals surface area contributed by atoms with E-state index in [9.17, 15) is 20.0 Å². The van der Waals surface area contributed by atoms with Gasteiger partial charge >= 0.3 is 5.88 Å². The van der Waals surface area contributed by atoms with E-state index >= 15 is 0 Å². The van der Waals surface area contributed by atoms with Crippen LogP contribution in [-0.2, 0) is 34.2 Å². The molecule has 2 saturated heterocycles. The van der Waals surface area contributed by atoms with Crippen LogP contribution in [0.25, 0.3) is 0 Å². The summed E-state index contributed by atoms with van der Waals surface area (Å²) < 4.78 is 43.6. The van der Waals surface area contributed by atoms with Crippen LogP contribution >= 0.6 is 0 Å². The molecule has 0 amide bonds. The van der Waals surface area contributed by atoms with E-state index in [1.165, 1.54) is 12.1 Å². The lowest BCUT2D eigenvalue weighted by molar-refractivity contribution is -0.402. The summed E-state index contributed by atoms with van der Waals surface area (Å²) in [4.78, 5) is 23.8. The standard InChI is InChI=1S/C36H59NO11Si3/c1-23(24(2)46-49(3,4)5)34-32(45-34)20-31-36(48-51(9,10)11)35(47-50(6,7)8)26(21-43-31)18-27(38)19-30(39)25-12-14-28(15-13-25)42-22-29-16-17-33(44-29)37(40)41/h12-17,23-24,26,30-32,34-36,39H,18-22H2,1-11H3/t23-,24+,26+,30?,31+,32+,34+,35-,36-/m1/s1. The van der Waals surface area contributed by atoms with Crippen LogP contribution < -0.4 is 4.74 Å². The average molecular weight is 766 g/mol. The fourth-order valence-electron chi connectivity index (χ4n) is 6.58. The molecule has 286 valence electrons. The first-order valence-electron chi connectivity index (χ1n) is 18.0. The molecule has 0 spiro atoms. The van der Waals surface area contributed by atoms with Crippen molar-refractivity contribution in [3.05, 3.63) is 57.8 Å². The minimum absolute atomic E-state index is 0.0158. The van der Waals surface area contributed by atoms with Gasteiger partial charge in [0, 0.05) is 37.2 Å². The Bertz CT molecular complexity index is 1450. The van der Waals surface area contributed by atoms with Crippen molar-refractivity contribution >= 4 is 36.6 Å². The van der Waals surface area contributed by atoms with Gasteiger partial charge in [0.2, 0.25) is 0 Å². The van der Waals surface area contributed by atoms with Gasteiger partial charge in [-0.25, -0.2) is 0 Å². The lowest BCUT2D eigenvalue weighted by Gasteiger charge is -2.47. The Morgan fingerprint density at radius 1 is 0.922 bits per heavy atom. The number of rotatable bonds is 19. The lowest BCUT2D eigenvalue weighted by Crippen LogP contribution is -2.58. The van der Waals surface area contributed by atoms with E-state index in [4.69, 9.17) is 31.9 Å². The third-order valence-corrected chi connectivity index (χ3v) is 12.0. The van der Waals surface area contributed by atoms with Gasteiger partial charge in [-0.15, -0.1) is 0 Å². The van der Waals surface area contributed by atoms with Crippen molar-refractivity contribution in [2.45, 2.75) is 141 Å². The number of nitrogens with zero attached hydrogens (tertiary/aromatic N) is 1. The zero-order chi connectivity index (χ0) is 37.9. The number of benzene rings is 1. The molecule has 1 unspecified atom stereocenters. The second kappa shape index (κ2) is 16.8. The first kappa shape index (κ1) is 41.5. The van der Waals surface area contributed by atoms with Gasteiger partial charge in [0.25, 0.3) is 0 Å². The molecule has 15 heteroatoms. The highest BCUT2D eigenvalue weighted by molar-refractivity contribution is 6.70. The van der Waals surface area contributed by atoms with Crippen LogP contribution in [0, 0.1) is 22.0 Å². The molecular weight excluding hydrogens is 707 g/mol. The van der Waals surface area contributed by atoms with Gasteiger partial charge in [0.1, 0.15) is 28.8 Å². The van der Waals surface area contributed by atoms with Crippen molar-refractivity contribution < 1.29 is 46.7 Å². The summed E-state index contributed by atoms with van der Waals surface area (Å²) in [7, 11) is -5.81. The van der Waals surface area contributed by atoms with E-state index in [0.717, 1.165) is 0 Å². The highest BCUT2D eigenvalue weighted by Crippen LogP contribution is 2.41. The summed E-state index contributed by atoms with van der Waals surface area (Å²) in [6, 6.07) is 9.53. The molecule has 0 saturated carbocycles. The third-order valence-electron chi connectivity index (χ3n) is 8.93. The summed E-state index contributed by atoms with van der Waals surface area (Å²) in [5, 5.41) is 21.9.